The number of para-hydroxylation sites is 1. The van der Waals surface area contributed by atoms with Crippen molar-refractivity contribution >= 4 is 11.9 Å². The zero-order chi connectivity index (χ0) is 21.1. The first kappa shape index (κ1) is 19.6. The lowest BCUT2D eigenvalue weighted by atomic mass is 9.89. The second-order valence-electron chi connectivity index (χ2n) is 6.62. The molecule has 0 radical (unpaired) electrons. The molecule has 0 saturated carbocycles. The average molecular weight is 408 g/mol. The number of hydrogen-bond acceptors (Lipinski definition) is 4. The van der Waals surface area contributed by atoms with E-state index in [1.807, 2.05) is 36.4 Å². The number of benzene rings is 3. The molecule has 0 saturated heterocycles. The van der Waals surface area contributed by atoms with Gasteiger partial charge in [0.15, 0.2) is 23.4 Å². The summed E-state index contributed by atoms with van der Waals surface area (Å²) >= 11 is 0. The predicted octanol–water partition coefficient (Wildman–Crippen LogP) is 5.70. The van der Waals surface area contributed by atoms with Gasteiger partial charge in [-0.15, -0.1) is 0 Å². The Balaban J connectivity index is 1.80. The maximum Gasteiger partial charge on any atom is 0.387 e. The summed E-state index contributed by atoms with van der Waals surface area (Å²) in [5, 5.41) is 0. The summed E-state index contributed by atoms with van der Waals surface area (Å²) in [4.78, 5) is 13.3. The normalized spacial score (nSPS) is 16.9. The molecule has 0 aromatic heterocycles. The quantitative estimate of drug-likeness (QED) is 0.508. The Morgan fingerprint density at radius 1 is 0.967 bits per heavy atom. The SMILES string of the molecule is COc1cc(/C=C2/C(=O)c3ccccc3OC2c2ccccc2)ccc1OC(F)F. The van der Waals surface area contributed by atoms with E-state index >= 15 is 0 Å². The van der Waals surface area contributed by atoms with Gasteiger partial charge in [0.2, 0.25) is 0 Å². The smallest absolute Gasteiger partial charge is 0.387 e. The molecule has 0 N–H and O–H groups in total. The Morgan fingerprint density at radius 3 is 2.43 bits per heavy atom. The predicted molar refractivity (Wildman–Crippen MR) is 108 cm³/mol. The summed E-state index contributed by atoms with van der Waals surface area (Å²) < 4.78 is 41.0. The largest absolute Gasteiger partial charge is 0.493 e. The van der Waals surface area contributed by atoms with Crippen molar-refractivity contribution in [1.82, 2.24) is 0 Å². The number of carbonyl (C=O) groups is 1. The topological polar surface area (TPSA) is 44.8 Å². The molecular weight excluding hydrogens is 390 g/mol. The highest BCUT2D eigenvalue weighted by Gasteiger charge is 2.32. The van der Waals surface area contributed by atoms with E-state index in [1.54, 1.807) is 36.4 Å². The summed E-state index contributed by atoms with van der Waals surface area (Å²) in [6.07, 6.45) is 1.08. The molecule has 0 spiro atoms. The first-order valence-corrected chi connectivity index (χ1v) is 9.26. The van der Waals surface area contributed by atoms with Crippen LogP contribution in [0.25, 0.3) is 6.08 Å². The van der Waals surface area contributed by atoms with Gasteiger partial charge in [-0.3, -0.25) is 4.79 Å². The van der Waals surface area contributed by atoms with Crippen LogP contribution >= 0.6 is 0 Å². The van der Waals surface area contributed by atoms with E-state index < -0.39 is 12.7 Å². The maximum absolute atomic E-state index is 13.3. The van der Waals surface area contributed by atoms with E-state index in [9.17, 15) is 13.6 Å². The second-order valence-corrected chi connectivity index (χ2v) is 6.62. The molecule has 0 bridgehead atoms. The van der Waals surface area contributed by atoms with Gasteiger partial charge >= 0.3 is 6.61 Å². The molecule has 0 amide bonds. The van der Waals surface area contributed by atoms with Crippen LogP contribution in [0.2, 0.25) is 0 Å². The number of Topliss-reactive ketones (excluding diaryl/α,β-unsaturated/α-hetero) is 1. The van der Waals surface area contributed by atoms with E-state index in [-0.39, 0.29) is 17.3 Å². The van der Waals surface area contributed by atoms with Crippen molar-refractivity contribution in [2.75, 3.05) is 7.11 Å². The molecule has 1 unspecified atom stereocenters. The van der Waals surface area contributed by atoms with Crippen LogP contribution in [0.1, 0.15) is 27.6 Å². The second kappa shape index (κ2) is 8.37. The van der Waals surface area contributed by atoms with Crippen LogP contribution in [0, 0.1) is 0 Å². The number of alkyl halides is 2. The van der Waals surface area contributed by atoms with Crippen LogP contribution in [0.4, 0.5) is 8.78 Å². The number of ketones is 1. The van der Waals surface area contributed by atoms with Gasteiger partial charge in [0, 0.05) is 5.57 Å². The van der Waals surface area contributed by atoms with Crippen LogP contribution in [0.5, 0.6) is 17.2 Å². The summed E-state index contributed by atoms with van der Waals surface area (Å²) in [6.45, 7) is -2.96. The van der Waals surface area contributed by atoms with Gasteiger partial charge in [0.25, 0.3) is 0 Å². The molecule has 0 fully saturated rings. The number of hydrogen-bond donors (Lipinski definition) is 0. The van der Waals surface area contributed by atoms with Gasteiger partial charge in [-0.25, -0.2) is 0 Å². The van der Waals surface area contributed by atoms with E-state index in [2.05, 4.69) is 4.74 Å². The number of methoxy groups -OCH3 is 1. The molecule has 1 aliphatic rings. The Morgan fingerprint density at radius 2 is 1.70 bits per heavy atom. The summed E-state index contributed by atoms with van der Waals surface area (Å²) in [5.74, 6) is 0.431. The summed E-state index contributed by atoms with van der Waals surface area (Å²) in [6, 6.07) is 21.0. The monoisotopic (exact) mass is 408 g/mol. The van der Waals surface area contributed by atoms with Crippen LogP contribution in [0.15, 0.2) is 78.4 Å². The van der Waals surface area contributed by atoms with Crippen molar-refractivity contribution in [3.05, 3.63) is 95.1 Å². The fraction of sp³-hybridized carbons (Fsp3) is 0.125. The number of halogens is 2. The third-order valence-electron chi connectivity index (χ3n) is 4.75. The van der Waals surface area contributed by atoms with Crippen molar-refractivity contribution in [1.29, 1.82) is 0 Å². The van der Waals surface area contributed by atoms with Crippen molar-refractivity contribution in [3.8, 4) is 17.2 Å². The molecular formula is C24H18F2O4. The van der Waals surface area contributed by atoms with Crippen molar-refractivity contribution < 1.29 is 27.8 Å². The fourth-order valence-electron chi connectivity index (χ4n) is 3.39. The molecule has 0 aliphatic carbocycles. The third kappa shape index (κ3) is 3.89. The van der Waals surface area contributed by atoms with Crippen LogP contribution < -0.4 is 14.2 Å². The zero-order valence-corrected chi connectivity index (χ0v) is 16.0. The van der Waals surface area contributed by atoms with E-state index in [4.69, 9.17) is 9.47 Å². The maximum atomic E-state index is 13.3. The Hall–Kier alpha value is -3.67. The minimum Gasteiger partial charge on any atom is -0.493 e. The lowest BCUT2D eigenvalue weighted by molar-refractivity contribution is -0.0512. The van der Waals surface area contributed by atoms with Gasteiger partial charge < -0.3 is 14.2 Å². The third-order valence-corrected chi connectivity index (χ3v) is 4.75. The molecule has 1 atom stereocenters. The molecule has 4 rings (SSSR count). The van der Waals surface area contributed by atoms with Crippen molar-refractivity contribution in [3.63, 3.8) is 0 Å². The molecule has 4 nitrogen and oxygen atoms in total. The molecule has 1 heterocycles. The molecule has 152 valence electrons. The van der Waals surface area contributed by atoms with Gasteiger partial charge in [0.05, 0.1) is 12.7 Å². The Labute approximate surface area is 172 Å². The minimum absolute atomic E-state index is 0.0779. The molecule has 3 aromatic carbocycles. The van der Waals surface area contributed by atoms with Gasteiger partial charge in [-0.1, -0.05) is 48.5 Å². The summed E-state index contributed by atoms with van der Waals surface area (Å²) in [5.41, 5.74) is 2.34. The van der Waals surface area contributed by atoms with E-state index in [1.165, 1.54) is 13.2 Å². The standard InChI is InChI=1S/C24H18F2O4/c1-28-21-14-15(11-12-20(21)30-24(25)26)13-18-22(27)17-9-5-6-10-19(17)29-23(18)16-7-3-2-4-8-16/h2-14,23-24H,1H3/b18-13-. The minimum atomic E-state index is -2.96. The highest BCUT2D eigenvalue weighted by Crippen LogP contribution is 2.40. The number of fused-ring (bicyclic) bond motifs is 1. The molecule has 3 aromatic rings. The fourth-order valence-corrected chi connectivity index (χ4v) is 3.39. The van der Waals surface area contributed by atoms with Gasteiger partial charge in [-0.2, -0.15) is 8.78 Å². The average Bonchev–Trinajstić information content (AvgIpc) is 2.76. The summed E-state index contributed by atoms with van der Waals surface area (Å²) in [7, 11) is 1.36. The first-order chi connectivity index (χ1) is 14.6. The van der Waals surface area contributed by atoms with Crippen molar-refractivity contribution in [2.45, 2.75) is 12.7 Å². The van der Waals surface area contributed by atoms with Gasteiger partial charge in [0.1, 0.15) is 5.75 Å². The lowest BCUT2D eigenvalue weighted by Gasteiger charge is -2.28. The van der Waals surface area contributed by atoms with Crippen LogP contribution in [-0.2, 0) is 0 Å². The van der Waals surface area contributed by atoms with Crippen LogP contribution in [-0.4, -0.2) is 19.5 Å². The van der Waals surface area contributed by atoms with Crippen molar-refractivity contribution in [2.24, 2.45) is 0 Å². The van der Waals surface area contributed by atoms with Gasteiger partial charge in [-0.05, 0) is 41.5 Å². The molecule has 30 heavy (non-hydrogen) atoms. The number of rotatable bonds is 5. The zero-order valence-electron chi connectivity index (χ0n) is 16.0. The molecule has 6 heteroatoms. The number of ether oxygens (including phenoxy) is 3. The Kier molecular flexibility index (Phi) is 5.48. The van der Waals surface area contributed by atoms with E-state index in [0.717, 1.165) is 5.56 Å². The Bertz CT molecular complexity index is 1090. The van der Waals surface area contributed by atoms with E-state index in [0.29, 0.717) is 22.4 Å². The first-order valence-electron chi connectivity index (χ1n) is 9.26. The highest BCUT2D eigenvalue weighted by molar-refractivity contribution is 6.14. The lowest BCUT2D eigenvalue weighted by Crippen LogP contribution is -2.23. The number of carbonyl (C=O) groups excluding carboxylic acids is 1. The highest BCUT2D eigenvalue weighted by atomic mass is 19.3. The van der Waals surface area contributed by atoms with Crippen LogP contribution in [0.3, 0.4) is 0 Å². The molecule has 1 aliphatic heterocycles.